The van der Waals surface area contributed by atoms with Crippen molar-refractivity contribution in [3.05, 3.63) is 47.7 Å². The number of aliphatic hydroxyl groups is 1. The summed E-state index contributed by atoms with van der Waals surface area (Å²) in [6.45, 7) is 13.4. The molecule has 2 heteroatoms. The lowest BCUT2D eigenvalue weighted by Gasteiger charge is -2.37. The summed E-state index contributed by atoms with van der Waals surface area (Å²) in [5.41, 5.74) is 0.161. The first-order chi connectivity index (χ1) is 11.3. The van der Waals surface area contributed by atoms with Crippen LogP contribution in [0.2, 0.25) is 19.6 Å². The highest BCUT2D eigenvalue weighted by atomic mass is 28.3. The summed E-state index contributed by atoms with van der Waals surface area (Å²) in [5.74, 6) is 0. The maximum atomic E-state index is 11.5. The predicted molar refractivity (Wildman–Crippen MR) is 110 cm³/mol. The molecule has 0 aliphatic heterocycles. The Morgan fingerprint density at radius 3 is 1.92 bits per heavy atom. The van der Waals surface area contributed by atoms with Crippen molar-refractivity contribution in [2.45, 2.75) is 90.0 Å². The third kappa shape index (κ3) is 6.56. The molecule has 0 amide bonds. The molecule has 1 atom stereocenters. The van der Waals surface area contributed by atoms with E-state index in [1.807, 2.05) is 18.2 Å². The van der Waals surface area contributed by atoms with E-state index >= 15 is 0 Å². The van der Waals surface area contributed by atoms with Gasteiger partial charge in [0, 0.05) is 0 Å². The van der Waals surface area contributed by atoms with Crippen molar-refractivity contribution in [3.63, 3.8) is 0 Å². The normalized spacial score (nSPS) is 14.4. The van der Waals surface area contributed by atoms with Crippen LogP contribution < -0.4 is 0 Å². The molecule has 0 spiro atoms. The van der Waals surface area contributed by atoms with Crippen molar-refractivity contribution in [1.29, 1.82) is 0 Å². The van der Waals surface area contributed by atoms with Crippen molar-refractivity contribution in [2.24, 2.45) is 0 Å². The second-order valence-corrected chi connectivity index (χ2v) is 13.3. The molecule has 0 radical (unpaired) electrons. The lowest BCUT2D eigenvalue weighted by molar-refractivity contribution is 0.0703. The number of hydrogen-bond acceptors (Lipinski definition) is 1. The van der Waals surface area contributed by atoms with Gasteiger partial charge >= 0.3 is 0 Å². The SMILES string of the molecule is C=C(C(O)(CCCCCCCCCC)c1ccccc1)[Si](C)(C)C. The Balaban J connectivity index is 2.60. The fraction of sp³-hybridized carbons (Fsp3) is 0.636. The summed E-state index contributed by atoms with van der Waals surface area (Å²) in [7, 11) is -1.61. The number of rotatable bonds is 12. The Hall–Kier alpha value is -0.863. The summed E-state index contributed by atoms with van der Waals surface area (Å²) in [6, 6.07) is 10.2. The zero-order chi connectivity index (χ0) is 18.1. The molecular weight excluding hydrogens is 308 g/mol. The fourth-order valence-corrected chi connectivity index (χ4v) is 4.83. The van der Waals surface area contributed by atoms with Gasteiger partial charge in [0.15, 0.2) is 0 Å². The van der Waals surface area contributed by atoms with E-state index in [2.05, 4.69) is 45.3 Å². The highest BCUT2D eigenvalue weighted by molar-refractivity contribution is 6.83. The maximum absolute atomic E-state index is 11.5. The molecule has 0 fully saturated rings. The molecule has 1 aromatic rings. The van der Waals surface area contributed by atoms with Crippen LogP contribution in [0.4, 0.5) is 0 Å². The molecule has 0 saturated heterocycles. The zero-order valence-electron chi connectivity index (χ0n) is 16.4. The number of unbranched alkanes of at least 4 members (excludes halogenated alkanes) is 7. The van der Waals surface area contributed by atoms with Crippen LogP contribution in [0.25, 0.3) is 0 Å². The monoisotopic (exact) mass is 346 g/mol. The second-order valence-electron chi connectivity index (χ2n) is 8.18. The van der Waals surface area contributed by atoms with E-state index < -0.39 is 13.7 Å². The second kappa shape index (κ2) is 10.2. The van der Waals surface area contributed by atoms with Gasteiger partial charge in [0.2, 0.25) is 0 Å². The van der Waals surface area contributed by atoms with Gasteiger partial charge in [-0.25, -0.2) is 0 Å². The lowest BCUT2D eigenvalue weighted by atomic mass is 9.88. The van der Waals surface area contributed by atoms with Crippen LogP contribution in [-0.2, 0) is 5.60 Å². The van der Waals surface area contributed by atoms with Crippen molar-refractivity contribution < 1.29 is 5.11 Å². The molecule has 1 rings (SSSR count). The molecule has 24 heavy (non-hydrogen) atoms. The van der Waals surface area contributed by atoms with Crippen LogP contribution in [0.3, 0.4) is 0 Å². The smallest absolute Gasteiger partial charge is 0.107 e. The minimum atomic E-state index is -1.61. The number of benzene rings is 1. The van der Waals surface area contributed by atoms with Gasteiger partial charge in [-0.05, 0) is 18.4 Å². The zero-order valence-corrected chi connectivity index (χ0v) is 17.4. The van der Waals surface area contributed by atoms with Gasteiger partial charge in [-0.2, -0.15) is 0 Å². The summed E-state index contributed by atoms with van der Waals surface area (Å²) in [4.78, 5) is 0. The summed E-state index contributed by atoms with van der Waals surface area (Å²) < 4.78 is 0. The molecule has 0 saturated carbocycles. The first-order valence-electron chi connectivity index (χ1n) is 9.80. The first-order valence-corrected chi connectivity index (χ1v) is 13.3. The minimum absolute atomic E-state index is 0.801. The Labute approximate surface area is 151 Å². The van der Waals surface area contributed by atoms with Gasteiger partial charge in [-0.1, -0.05) is 107 Å². The Morgan fingerprint density at radius 2 is 1.42 bits per heavy atom. The average molecular weight is 347 g/mol. The molecule has 1 nitrogen and oxygen atoms in total. The van der Waals surface area contributed by atoms with Crippen LogP contribution in [-0.4, -0.2) is 13.2 Å². The highest BCUT2D eigenvalue weighted by Crippen LogP contribution is 2.38. The van der Waals surface area contributed by atoms with Crippen LogP contribution in [0, 0.1) is 0 Å². The molecule has 0 bridgehead atoms. The molecule has 1 unspecified atom stereocenters. The highest BCUT2D eigenvalue weighted by Gasteiger charge is 2.38. The maximum Gasteiger partial charge on any atom is 0.107 e. The summed E-state index contributed by atoms with van der Waals surface area (Å²) >= 11 is 0. The van der Waals surface area contributed by atoms with Crippen molar-refractivity contribution in [3.8, 4) is 0 Å². The van der Waals surface area contributed by atoms with Gasteiger partial charge in [0.1, 0.15) is 5.60 Å². The molecule has 136 valence electrons. The third-order valence-corrected chi connectivity index (χ3v) is 7.27. The fourth-order valence-electron chi connectivity index (χ4n) is 3.32. The molecule has 1 N–H and O–H groups in total. The quantitative estimate of drug-likeness (QED) is 0.324. The molecule has 1 aromatic carbocycles. The van der Waals surface area contributed by atoms with E-state index in [0.717, 1.165) is 23.6 Å². The molecule has 0 aliphatic carbocycles. The third-order valence-electron chi connectivity index (χ3n) is 5.05. The molecule has 0 heterocycles. The van der Waals surface area contributed by atoms with E-state index in [1.54, 1.807) is 0 Å². The first kappa shape index (κ1) is 21.2. The van der Waals surface area contributed by atoms with Crippen LogP contribution in [0.15, 0.2) is 42.1 Å². The van der Waals surface area contributed by atoms with E-state index in [0.29, 0.717) is 0 Å². The van der Waals surface area contributed by atoms with Gasteiger partial charge in [0.25, 0.3) is 0 Å². The molecule has 0 aliphatic rings. The molecule has 0 aromatic heterocycles. The van der Waals surface area contributed by atoms with Crippen LogP contribution in [0.5, 0.6) is 0 Å². The summed E-state index contributed by atoms with van der Waals surface area (Å²) in [6.07, 6.45) is 11.1. The Kier molecular flexibility index (Phi) is 9.00. The predicted octanol–water partition coefficient (Wildman–Crippen LogP) is 6.84. The van der Waals surface area contributed by atoms with Crippen LogP contribution in [0.1, 0.15) is 70.3 Å². The van der Waals surface area contributed by atoms with Crippen molar-refractivity contribution in [2.75, 3.05) is 0 Å². The van der Waals surface area contributed by atoms with Gasteiger partial charge < -0.3 is 5.11 Å². The average Bonchev–Trinajstić information content (AvgIpc) is 2.56. The largest absolute Gasteiger partial charge is 0.381 e. The van der Waals surface area contributed by atoms with E-state index in [-0.39, 0.29) is 0 Å². The number of hydrogen-bond donors (Lipinski definition) is 1. The van der Waals surface area contributed by atoms with E-state index in [4.69, 9.17) is 0 Å². The van der Waals surface area contributed by atoms with Crippen molar-refractivity contribution in [1.82, 2.24) is 0 Å². The topological polar surface area (TPSA) is 20.2 Å². The van der Waals surface area contributed by atoms with Crippen molar-refractivity contribution >= 4 is 8.07 Å². The standard InChI is InChI=1S/C22H38OSi/c1-6-7-8-9-10-11-12-16-19-22(23,20(2)24(3,4)5)21-17-14-13-15-18-21/h13-15,17-18,23H,2,6-12,16,19H2,1,3-5H3. The Morgan fingerprint density at radius 1 is 0.917 bits per heavy atom. The van der Waals surface area contributed by atoms with Gasteiger partial charge in [-0.3, -0.25) is 0 Å². The van der Waals surface area contributed by atoms with E-state index in [1.165, 1.54) is 44.9 Å². The Bertz CT molecular complexity index is 474. The summed E-state index contributed by atoms with van der Waals surface area (Å²) in [5, 5.41) is 12.6. The van der Waals surface area contributed by atoms with E-state index in [9.17, 15) is 5.11 Å². The minimum Gasteiger partial charge on any atom is -0.381 e. The van der Waals surface area contributed by atoms with Gasteiger partial charge in [-0.15, -0.1) is 6.58 Å². The molecular formula is C22H38OSi. The van der Waals surface area contributed by atoms with Gasteiger partial charge in [0.05, 0.1) is 8.07 Å². The lowest BCUT2D eigenvalue weighted by Crippen LogP contribution is -2.40. The van der Waals surface area contributed by atoms with Crippen LogP contribution >= 0.6 is 0 Å².